The minimum Gasteiger partial charge on any atom is -0.484 e. The number of hydrogen-bond donors (Lipinski definition) is 2. The fraction of sp³-hybridized carbons (Fsp3) is 0.474. The number of rotatable bonds is 7. The average molecular weight is 526 g/mol. The van der Waals surface area contributed by atoms with Crippen molar-refractivity contribution in [3.05, 3.63) is 46.8 Å². The van der Waals surface area contributed by atoms with Gasteiger partial charge < -0.3 is 19.9 Å². The summed E-state index contributed by atoms with van der Waals surface area (Å²) in [5.41, 5.74) is 2.28. The summed E-state index contributed by atoms with van der Waals surface area (Å²) in [5.74, 6) is 1.60. The summed E-state index contributed by atoms with van der Waals surface area (Å²) in [6.07, 6.45) is -4.39. The molecule has 29 heavy (non-hydrogen) atoms. The summed E-state index contributed by atoms with van der Waals surface area (Å²) < 4.78 is 47.6. The van der Waals surface area contributed by atoms with Crippen molar-refractivity contribution in [1.82, 2.24) is 15.8 Å². The van der Waals surface area contributed by atoms with Crippen molar-refractivity contribution >= 4 is 29.9 Å². The maximum absolute atomic E-state index is 12.5. The van der Waals surface area contributed by atoms with Gasteiger partial charge >= 0.3 is 6.18 Å². The Morgan fingerprint density at radius 1 is 1.21 bits per heavy atom. The quantitative estimate of drug-likeness (QED) is 0.315. The summed E-state index contributed by atoms with van der Waals surface area (Å²) in [6.45, 7) is 5.14. The van der Waals surface area contributed by atoms with Gasteiger partial charge in [0.1, 0.15) is 5.75 Å². The van der Waals surface area contributed by atoms with Crippen molar-refractivity contribution in [2.75, 3.05) is 13.7 Å². The highest BCUT2D eigenvalue weighted by Crippen LogP contribution is 2.23. The van der Waals surface area contributed by atoms with E-state index in [1.54, 1.807) is 26.1 Å². The van der Waals surface area contributed by atoms with Gasteiger partial charge in [-0.3, -0.25) is 4.99 Å². The Balaban J connectivity index is 0.00000420. The second kappa shape index (κ2) is 11.3. The van der Waals surface area contributed by atoms with Crippen LogP contribution in [-0.2, 0) is 13.1 Å². The number of nitrogens with one attached hydrogen (secondary N) is 2. The number of aliphatic imine (C=N–C) groups is 1. The summed E-state index contributed by atoms with van der Waals surface area (Å²) in [6, 6.07) is 7.00. The number of nitrogens with zero attached hydrogens (tertiary/aromatic N) is 2. The van der Waals surface area contributed by atoms with Crippen LogP contribution in [0.25, 0.3) is 0 Å². The van der Waals surface area contributed by atoms with Crippen molar-refractivity contribution in [3.8, 4) is 5.75 Å². The molecule has 0 bridgehead atoms. The SMILES string of the molecule is CN=C(NCc1cc(C(C)C)no1)NCc1ccc(C)cc1OCC(F)(F)F.I. The molecule has 0 amide bonds. The van der Waals surface area contributed by atoms with E-state index < -0.39 is 12.8 Å². The molecule has 0 spiro atoms. The lowest BCUT2D eigenvalue weighted by Crippen LogP contribution is -2.36. The van der Waals surface area contributed by atoms with E-state index in [-0.39, 0.29) is 42.2 Å². The second-order valence-electron chi connectivity index (χ2n) is 6.67. The number of aryl methyl sites for hydroxylation is 1. The molecule has 0 saturated heterocycles. The van der Waals surface area contributed by atoms with Crippen molar-refractivity contribution in [2.45, 2.75) is 46.0 Å². The maximum Gasteiger partial charge on any atom is 0.422 e. The van der Waals surface area contributed by atoms with Crippen LogP contribution in [-0.4, -0.2) is 30.9 Å². The van der Waals surface area contributed by atoms with Crippen molar-refractivity contribution in [2.24, 2.45) is 4.99 Å². The number of ether oxygens (including phenoxy) is 1. The van der Waals surface area contributed by atoms with Gasteiger partial charge in [0.2, 0.25) is 0 Å². The van der Waals surface area contributed by atoms with Gasteiger partial charge in [0.15, 0.2) is 18.3 Å². The van der Waals surface area contributed by atoms with Crippen LogP contribution in [0.2, 0.25) is 0 Å². The van der Waals surface area contributed by atoms with Crippen LogP contribution >= 0.6 is 24.0 Å². The zero-order valence-corrected chi connectivity index (χ0v) is 19.1. The van der Waals surface area contributed by atoms with Gasteiger partial charge in [-0.1, -0.05) is 31.1 Å². The van der Waals surface area contributed by atoms with Crippen LogP contribution in [0.1, 0.15) is 42.3 Å². The van der Waals surface area contributed by atoms with Crippen molar-refractivity contribution in [3.63, 3.8) is 0 Å². The zero-order chi connectivity index (χ0) is 20.7. The molecule has 0 radical (unpaired) electrons. The molecular formula is C19H26F3IN4O2. The monoisotopic (exact) mass is 526 g/mol. The van der Waals surface area contributed by atoms with E-state index in [0.29, 0.717) is 23.8 Å². The van der Waals surface area contributed by atoms with E-state index in [2.05, 4.69) is 20.8 Å². The van der Waals surface area contributed by atoms with Gasteiger partial charge in [0.25, 0.3) is 0 Å². The molecule has 0 unspecified atom stereocenters. The van der Waals surface area contributed by atoms with E-state index in [0.717, 1.165) is 11.3 Å². The van der Waals surface area contributed by atoms with Gasteiger partial charge in [0, 0.05) is 25.2 Å². The van der Waals surface area contributed by atoms with Crippen molar-refractivity contribution in [1.29, 1.82) is 0 Å². The Morgan fingerprint density at radius 2 is 1.90 bits per heavy atom. The Bertz CT molecular complexity index is 807. The molecule has 0 fully saturated rings. The van der Waals surface area contributed by atoms with Crippen molar-refractivity contribution < 1.29 is 22.4 Å². The van der Waals surface area contributed by atoms with Gasteiger partial charge in [-0.15, -0.1) is 24.0 Å². The molecule has 0 atom stereocenters. The molecule has 0 aliphatic carbocycles. The highest BCUT2D eigenvalue weighted by molar-refractivity contribution is 14.0. The number of hydrogen-bond acceptors (Lipinski definition) is 4. The smallest absolute Gasteiger partial charge is 0.422 e. The van der Waals surface area contributed by atoms with E-state index in [1.165, 1.54) is 0 Å². The number of aromatic nitrogens is 1. The third-order valence-electron chi connectivity index (χ3n) is 3.88. The number of alkyl halides is 3. The summed E-state index contributed by atoms with van der Waals surface area (Å²) in [5, 5.41) is 10.1. The fourth-order valence-electron chi connectivity index (χ4n) is 2.36. The Hall–Kier alpha value is -1.98. The van der Waals surface area contributed by atoms with E-state index in [1.807, 2.05) is 26.0 Å². The summed E-state index contributed by atoms with van der Waals surface area (Å²) in [7, 11) is 1.60. The number of halogens is 4. The highest BCUT2D eigenvalue weighted by atomic mass is 127. The lowest BCUT2D eigenvalue weighted by molar-refractivity contribution is -0.153. The summed E-state index contributed by atoms with van der Waals surface area (Å²) >= 11 is 0. The molecule has 10 heteroatoms. The van der Waals surface area contributed by atoms with E-state index in [4.69, 9.17) is 9.26 Å². The normalized spacial score (nSPS) is 11.9. The average Bonchev–Trinajstić information content (AvgIpc) is 3.10. The van der Waals surface area contributed by atoms with E-state index >= 15 is 0 Å². The molecule has 0 aliphatic heterocycles. The van der Waals surface area contributed by atoms with Crippen LogP contribution in [0.15, 0.2) is 33.8 Å². The minimum absolute atomic E-state index is 0. The molecule has 0 saturated carbocycles. The zero-order valence-electron chi connectivity index (χ0n) is 16.8. The molecule has 1 heterocycles. The summed E-state index contributed by atoms with van der Waals surface area (Å²) in [4.78, 5) is 4.10. The molecule has 2 N–H and O–H groups in total. The predicted molar refractivity (Wildman–Crippen MR) is 116 cm³/mol. The fourth-order valence-corrected chi connectivity index (χ4v) is 2.36. The van der Waals surface area contributed by atoms with Gasteiger partial charge in [0.05, 0.1) is 12.2 Å². The van der Waals surface area contributed by atoms with Crippen LogP contribution in [0.3, 0.4) is 0 Å². The van der Waals surface area contributed by atoms with Crippen LogP contribution in [0.4, 0.5) is 13.2 Å². The molecule has 162 valence electrons. The predicted octanol–water partition coefficient (Wildman–Crippen LogP) is 4.53. The molecule has 2 rings (SSSR count). The highest BCUT2D eigenvalue weighted by Gasteiger charge is 2.28. The lowest BCUT2D eigenvalue weighted by Gasteiger charge is -2.16. The van der Waals surface area contributed by atoms with E-state index in [9.17, 15) is 13.2 Å². The topological polar surface area (TPSA) is 71.7 Å². The Kier molecular flexibility index (Phi) is 9.74. The minimum atomic E-state index is -4.39. The third-order valence-corrected chi connectivity index (χ3v) is 3.88. The standard InChI is InChI=1S/C19H25F3N4O2.HI/c1-12(2)16-8-15(28-26-16)10-25-18(23-4)24-9-14-6-5-13(3)7-17(14)27-11-19(20,21)22;/h5-8,12H,9-11H2,1-4H3,(H2,23,24,25);1H. The number of benzene rings is 1. The maximum atomic E-state index is 12.5. The molecule has 2 aromatic rings. The third kappa shape index (κ3) is 8.50. The lowest BCUT2D eigenvalue weighted by atomic mass is 10.1. The van der Waals surface area contributed by atoms with Crippen LogP contribution in [0.5, 0.6) is 5.75 Å². The molecule has 0 aliphatic rings. The molecule has 6 nitrogen and oxygen atoms in total. The van der Waals surface area contributed by atoms with Crippen LogP contribution < -0.4 is 15.4 Å². The Morgan fingerprint density at radius 3 is 2.48 bits per heavy atom. The molecular weight excluding hydrogens is 500 g/mol. The van der Waals surface area contributed by atoms with Gasteiger partial charge in [-0.2, -0.15) is 13.2 Å². The van der Waals surface area contributed by atoms with Gasteiger partial charge in [-0.25, -0.2) is 0 Å². The molecule has 1 aromatic carbocycles. The van der Waals surface area contributed by atoms with Gasteiger partial charge in [-0.05, 0) is 24.5 Å². The number of guanidine groups is 1. The first kappa shape index (κ1) is 25.1. The first-order valence-corrected chi connectivity index (χ1v) is 8.87. The van der Waals surface area contributed by atoms with Crippen LogP contribution in [0, 0.1) is 6.92 Å². The second-order valence-corrected chi connectivity index (χ2v) is 6.67. The Labute approximate surface area is 185 Å². The first-order chi connectivity index (χ1) is 13.2. The largest absolute Gasteiger partial charge is 0.484 e. The molecule has 1 aromatic heterocycles. The first-order valence-electron chi connectivity index (χ1n) is 8.87.